The molecule has 0 bridgehead atoms. The summed E-state index contributed by atoms with van der Waals surface area (Å²) in [5, 5.41) is 7.06. The third-order valence-corrected chi connectivity index (χ3v) is 4.88. The highest BCUT2D eigenvalue weighted by atomic mass is 16.5. The minimum atomic E-state index is -0.217. The molecule has 1 fully saturated rings. The second-order valence-corrected chi connectivity index (χ2v) is 6.74. The van der Waals surface area contributed by atoms with E-state index < -0.39 is 0 Å². The van der Waals surface area contributed by atoms with Crippen molar-refractivity contribution in [3.8, 4) is 0 Å². The lowest BCUT2D eigenvalue weighted by Gasteiger charge is -2.27. The third kappa shape index (κ3) is 3.69. The fourth-order valence-electron chi connectivity index (χ4n) is 3.57. The van der Waals surface area contributed by atoms with Crippen LogP contribution in [-0.4, -0.2) is 27.6 Å². The van der Waals surface area contributed by atoms with Crippen LogP contribution in [0.1, 0.15) is 47.8 Å². The number of nitrogens with one attached hydrogen (secondary N) is 1. The molecule has 0 aliphatic carbocycles. The maximum absolute atomic E-state index is 13.1. The van der Waals surface area contributed by atoms with Gasteiger partial charge in [-0.1, -0.05) is 65.8 Å². The molecule has 27 heavy (non-hydrogen) atoms. The van der Waals surface area contributed by atoms with Gasteiger partial charge < -0.3 is 14.7 Å². The highest BCUT2D eigenvalue weighted by Gasteiger charge is 2.35. The van der Waals surface area contributed by atoms with Crippen LogP contribution in [-0.2, 0) is 0 Å². The lowest BCUT2D eigenvalue weighted by atomic mass is 9.99. The molecule has 0 radical (unpaired) electrons. The Kier molecular flexibility index (Phi) is 4.87. The quantitative estimate of drug-likeness (QED) is 0.761. The molecule has 1 aromatic heterocycles. The zero-order valence-corrected chi connectivity index (χ0v) is 15.2. The summed E-state index contributed by atoms with van der Waals surface area (Å²) in [4.78, 5) is 19.2. The maximum atomic E-state index is 13.1. The van der Waals surface area contributed by atoms with Crippen molar-refractivity contribution in [2.24, 2.45) is 0 Å². The number of amides is 2. The fourth-order valence-corrected chi connectivity index (χ4v) is 3.57. The maximum Gasteiger partial charge on any atom is 0.318 e. The molecule has 1 aliphatic rings. The monoisotopic (exact) mass is 362 g/mol. The molecule has 3 aromatic rings. The first kappa shape index (κ1) is 17.3. The summed E-state index contributed by atoms with van der Waals surface area (Å²) in [6.45, 7) is 2.46. The van der Waals surface area contributed by atoms with E-state index in [0.29, 0.717) is 18.3 Å². The summed E-state index contributed by atoms with van der Waals surface area (Å²) < 4.78 is 5.32. The molecule has 6 heteroatoms. The van der Waals surface area contributed by atoms with E-state index in [-0.39, 0.29) is 18.1 Å². The number of benzene rings is 2. The molecule has 138 valence electrons. The summed E-state index contributed by atoms with van der Waals surface area (Å²) in [6, 6.07) is 19.5. The van der Waals surface area contributed by atoms with Crippen molar-refractivity contribution in [2.75, 3.05) is 6.54 Å². The van der Waals surface area contributed by atoms with Crippen molar-refractivity contribution in [3.05, 3.63) is 83.5 Å². The van der Waals surface area contributed by atoms with Gasteiger partial charge in [0, 0.05) is 6.54 Å². The van der Waals surface area contributed by atoms with Gasteiger partial charge in [-0.25, -0.2) is 4.79 Å². The predicted molar refractivity (Wildman–Crippen MR) is 101 cm³/mol. The molecule has 2 amide bonds. The van der Waals surface area contributed by atoms with E-state index in [2.05, 4.69) is 15.5 Å². The third-order valence-electron chi connectivity index (χ3n) is 4.88. The van der Waals surface area contributed by atoms with Crippen LogP contribution in [0, 0.1) is 6.92 Å². The Hall–Kier alpha value is -3.15. The van der Waals surface area contributed by atoms with Crippen LogP contribution < -0.4 is 5.32 Å². The van der Waals surface area contributed by atoms with Crippen molar-refractivity contribution in [1.82, 2.24) is 20.4 Å². The number of rotatable bonds is 4. The number of carbonyl (C=O) groups is 1. The molecule has 0 saturated carbocycles. The molecule has 6 nitrogen and oxygen atoms in total. The van der Waals surface area contributed by atoms with Crippen LogP contribution in [0.5, 0.6) is 0 Å². The standard InChI is InChI=1S/C21H22N4O2/c1-15-22-20(27-24-15)18-13-8-14-25(18)21(26)23-19(16-9-4-2-5-10-16)17-11-6-3-7-12-17/h2-7,9-12,18-19H,8,13-14H2,1H3,(H,23,26). The normalized spacial score (nSPS) is 16.7. The summed E-state index contributed by atoms with van der Waals surface area (Å²) in [6.07, 6.45) is 1.75. The Labute approximate surface area is 158 Å². The zero-order chi connectivity index (χ0) is 18.6. The SMILES string of the molecule is Cc1noc(C2CCCN2C(=O)NC(c2ccccc2)c2ccccc2)n1. The van der Waals surface area contributed by atoms with Gasteiger partial charge in [0.25, 0.3) is 0 Å². The number of aryl methyl sites for hydroxylation is 1. The Balaban J connectivity index is 1.58. The van der Waals surface area contributed by atoms with Crippen LogP contribution in [0.4, 0.5) is 4.79 Å². The highest BCUT2D eigenvalue weighted by Crippen LogP contribution is 2.32. The van der Waals surface area contributed by atoms with Crippen LogP contribution in [0.3, 0.4) is 0 Å². The number of carbonyl (C=O) groups excluding carboxylic acids is 1. The van der Waals surface area contributed by atoms with E-state index >= 15 is 0 Å². The molecular formula is C21H22N4O2. The van der Waals surface area contributed by atoms with E-state index in [0.717, 1.165) is 24.0 Å². The van der Waals surface area contributed by atoms with Gasteiger partial charge in [-0.15, -0.1) is 0 Å². The number of hydrogen-bond donors (Lipinski definition) is 1. The van der Waals surface area contributed by atoms with E-state index in [4.69, 9.17) is 4.52 Å². The van der Waals surface area contributed by atoms with Gasteiger partial charge in [0.15, 0.2) is 5.82 Å². The summed E-state index contributed by atoms with van der Waals surface area (Å²) in [7, 11) is 0. The van der Waals surface area contributed by atoms with Crippen LogP contribution in [0.2, 0.25) is 0 Å². The first-order chi connectivity index (χ1) is 13.2. The molecule has 1 atom stereocenters. The number of urea groups is 1. The Morgan fingerprint density at radius 2 is 1.74 bits per heavy atom. The average Bonchev–Trinajstić information content (AvgIpc) is 3.36. The first-order valence-electron chi connectivity index (χ1n) is 9.19. The van der Waals surface area contributed by atoms with Crippen molar-refractivity contribution in [3.63, 3.8) is 0 Å². The number of hydrogen-bond acceptors (Lipinski definition) is 4. The Bertz CT molecular complexity index is 855. The molecule has 2 aromatic carbocycles. The lowest BCUT2D eigenvalue weighted by molar-refractivity contribution is 0.178. The largest absolute Gasteiger partial charge is 0.337 e. The lowest BCUT2D eigenvalue weighted by Crippen LogP contribution is -2.41. The van der Waals surface area contributed by atoms with E-state index in [9.17, 15) is 4.79 Å². The zero-order valence-electron chi connectivity index (χ0n) is 15.2. The van der Waals surface area contributed by atoms with Crippen molar-refractivity contribution in [1.29, 1.82) is 0 Å². The number of aromatic nitrogens is 2. The van der Waals surface area contributed by atoms with Gasteiger partial charge in [0.2, 0.25) is 5.89 Å². The number of nitrogens with zero attached hydrogens (tertiary/aromatic N) is 3. The van der Waals surface area contributed by atoms with Crippen molar-refractivity contribution >= 4 is 6.03 Å². The van der Waals surface area contributed by atoms with Crippen LogP contribution in [0.25, 0.3) is 0 Å². The topological polar surface area (TPSA) is 71.3 Å². The molecular weight excluding hydrogens is 340 g/mol. The number of likely N-dealkylation sites (tertiary alicyclic amines) is 1. The summed E-state index contributed by atoms with van der Waals surface area (Å²) in [5.41, 5.74) is 2.09. The second-order valence-electron chi connectivity index (χ2n) is 6.74. The van der Waals surface area contributed by atoms with Crippen molar-refractivity contribution < 1.29 is 9.32 Å². The molecule has 4 rings (SSSR count). The van der Waals surface area contributed by atoms with Gasteiger partial charge in [-0.2, -0.15) is 4.98 Å². The van der Waals surface area contributed by atoms with Gasteiger partial charge >= 0.3 is 6.03 Å². The molecule has 1 saturated heterocycles. The van der Waals surface area contributed by atoms with E-state index in [1.165, 1.54) is 0 Å². The minimum absolute atomic E-state index is 0.119. The summed E-state index contributed by atoms with van der Waals surface area (Å²) in [5.74, 6) is 1.10. The van der Waals surface area contributed by atoms with Crippen LogP contribution in [0.15, 0.2) is 65.2 Å². The van der Waals surface area contributed by atoms with E-state index in [1.807, 2.05) is 60.7 Å². The molecule has 1 aliphatic heterocycles. The Morgan fingerprint density at radius 1 is 1.11 bits per heavy atom. The molecule has 2 heterocycles. The van der Waals surface area contributed by atoms with Crippen LogP contribution >= 0.6 is 0 Å². The molecule has 1 N–H and O–H groups in total. The molecule has 0 spiro atoms. The van der Waals surface area contributed by atoms with Gasteiger partial charge in [-0.05, 0) is 30.9 Å². The Morgan fingerprint density at radius 3 is 2.30 bits per heavy atom. The summed E-state index contributed by atoms with van der Waals surface area (Å²) >= 11 is 0. The van der Waals surface area contributed by atoms with Crippen molar-refractivity contribution in [2.45, 2.75) is 31.8 Å². The minimum Gasteiger partial charge on any atom is -0.337 e. The van der Waals surface area contributed by atoms with Gasteiger partial charge in [0.05, 0.1) is 6.04 Å². The van der Waals surface area contributed by atoms with E-state index in [1.54, 1.807) is 11.8 Å². The van der Waals surface area contributed by atoms with Gasteiger partial charge in [0.1, 0.15) is 6.04 Å². The fraction of sp³-hybridized carbons (Fsp3) is 0.286. The average molecular weight is 362 g/mol. The molecule has 1 unspecified atom stereocenters. The predicted octanol–water partition coefficient (Wildman–Crippen LogP) is 4.01. The van der Waals surface area contributed by atoms with Gasteiger partial charge in [-0.3, -0.25) is 0 Å². The smallest absolute Gasteiger partial charge is 0.318 e. The second kappa shape index (κ2) is 7.61. The highest BCUT2D eigenvalue weighted by molar-refractivity contribution is 5.76. The first-order valence-corrected chi connectivity index (χ1v) is 9.19.